The third-order valence-corrected chi connectivity index (χ3v) is 9.77. The minimum Gasteiger partial charge on any atom is -0.457 e. The van der Waals surface area contributed by atoms with Crippen LogP contribution < -0.4 is 13.7 Å². The zero-order valence-corrected chi connectivity index (χ0v) is 27.3. The molecule has 2 aromatic heterocycles. The Morgan fingerprint density at radius 2 is 1.42 bits per heavy atom. The Bertz CT molecular complexity index is 2120. The molecule has 5 nitrogen and oxygen atoms in total. The van der Waals surface area contributed by atoms with Crippen molar-refractivity contribution in [3.63, 3.8) is 0 Å². The van der Waals surface area contributed by atoms with Gasteiger partial charge in [0.25, 0.3) is 0 Å². The summed E-state index contributed by atoms with van der Waals surface area (Å²) in [4.78, 5) is 4.70. The van der Waals surface area contributed by atoms with E-state index in [1.54, 1.807) is 0 Å². The molecule has 5 heteroatoms. The Kier molecular flexibility index (Phi) is 5.79. The van der Waals surface area contributed by atoms with Crippen molar-refractivity contribution in [2.24, 2.45) is 0 Å². The highest BCUT2D eigenvalue weighted by molar-refractivity contribution is 6.09. The van der Waals surface area contributed by atoms with E-state index in [0.717, 1.165) is 44.0 Å². The fraction of sp³-hybridized carbons (Fsp3) is 0.250. The van der Waals surface area contributed by atoms with Gasteiger partial charge >= 0.3 is 0 Å². The van der Waals surface area contributed by atoms with E-state index in [4.69, 9.17) is 9.72 Å². The van der Waals surface area contributed by atoms with Crippen LogP contribution in [0.1, 0.15) is 52.7 Å². The number of rotatable bonds is 4. The summed E-state index contributed by atoms with van der Waals surface area (Å²) in [7, 11) is 2.32. The van der Waals surface area contributed by atoms with E-state index in [-0.39, 0.29) is 10.8 Å². The van der Waals surface area contributed by atoms with E-state index in [1.165, 1.54) is 39.0 Å². The molecule has 0 N–H and O–H groups in total. The average molecular weight is 594 g/mol. The zero-order chi connectivity index (χ0) is 31.4. The smallest absolute Gasteiger partial charge is 0.181 e. The van der Waals surface area contributed by atoms with Crippen molar-refractivity contribution in [2.75, 3.05) is 13.7 Å². The van der Waals surface area contributed by atoms with Crippen LogP contribution in [0.3, 0.4) is 0 Å². The molecule has 1 saturated heterocycles. The van der Waals surface area contributed by atoms with Crippen molar-refractivity contribution in [3.8, 4) is 17.3 Å². The molecule has 0 aliphatic carbocycles. The number of aromatic nitrogens is 2. The van der Waals surface area contributed by atoms with E-state index in [9.17, 15) is 0 Å². The van der Waals surface area contributed by atoms with Gasteiger partial charge in [-0.25, -0.2) is 4.98 Å². The van der Waals surface area contributed by atoms with Gasteiger partial charge < -0.3 is 9.22 Å². The Balaban J connectivity index is 1.26. The number of hydrogen-bond acceptors (Lipinski definition) is 2. The summed E-state index contributed by atoms with van der Waals surface area (Å²) in [5.74, 6) is 2.56. The van der Waals surface area contributed by atoms with Crippen LogP contribution in [0.25, 0.3) is 27.6 Å². The molecule has 45 heavy (non-hydrogen) atoms. The monoisotopic (exact) mass is 593 g/mol. The molecule has 0 spiro atoms. The van der Waals surface area contributed by atoms with Crippen molar-refractivity contribution in [1.82, 2.24) is 18.5 Å². The maximum atomic E-state index is 6.80. The Hall–Kier alpha value is -4.45. The number of pyridine rings is 1. The Labute approximate surface area is 266 Å². The van der Waals surface area contributed by atoms with Gasteiger partial charge in [-0.15, -0.1) is 0 Å². The molecule has 2 bridgehead atoms. The molecule has 6 aromatic rings. The van der Waals surface area contributed by atoms with Crippen LogP contribution in [0.5, 0.6) is 11.5 Å². The predicted molar refractivity (Wildman–Crippen MR) is 187 cm³/mol. The van der Waals surface area contributed by atoms with Gasteiger partial charge in [0, 0.05) is 47.3 Å². The number of fused-ring (bicyclic) bond motifs is 3. The third kappa shape index (κ3) is 4.25. The maximum Gasteiger partial charge on any atom is 0.181 e. The van der Waals surface area contributed by atoms with Crippen LogP contribution in [-0.2, 0) is 10.8 Å². The number of nitrogens with zero attached hydrogens (tertiary/aromatic N) is 4. The van der Waals surface area contributed by atoms with E-state index in [0.29, 0.717) is 0 Å². The number of ether oxygens (including phenoxy) is 1. The van der Waals surface area contributed by atoms with Crippen LogP contribution in [0.4, 0.5) is 17.1 Å². The van der Waals surface area contributed by atoms with Crippen molar-refractivity contribution in [2.45, 2.75) is 52.4 Å². The van der Waals surface area contributed by atoms with Crippen molar-refractivity contribution in [3.05, 3.63) is 121 Å². The second-order valence-corrected chi connectivity index (χ2v) is 15.1. The Morgan fingerprint density at radius 3 is 2.16 bits per heavy atom. The van der Waals surface area contributed by atoms with Crippen LogP contribution in [-0.4, -0.2) is 23.3 Å². The first-order valence-electron chi connectivity index (χ1n) is 15.9. The van der Waals surface area contributed by atoms with Crippen LogP contribution in [0.15, 0.2) is 103 Å². The molecule has 0 saturated carbocycles. The molecule has 9 rings (SSSR count). The molecule has 3 aliphatic heterocycles. The molecular weight excluding hydrogens is 552 g/mol. The van der Waals surface area contributed by atoms with Gasteiger partial charge in [-0.1, -0.05) is 71.9 Å². The van der Waals surface area contributed by atoms with Crippen molar-refractivity contribution in [1.29, 1.82) is 0 Å². The molecular formula is C40H41N4O+. The van der Waals surface area contributed by atoms with E-state index < -0.39 is 0 Å². The largest absolute Gasteiger partial charge is 0.457 e. The highest BCUT2D eigenvalue weighted by Gasteiger charge is 2.59. The summed E-state index contributed by atoms with van der Waals surface area (Å²) >= 11 is 0. The topological polar surface area (TPSA) is 27.1 Å². The third-order valence-electron chi connectivity index (χ3n) is 9.77. The summed E-state index contributed by atoms with van der Waals surface area (Å²) in [6.45, 7) is 17.2. The van der Waals surface area contributed by atoms with Gasteiger partial charge in [-0.2, -0.15) is 0 Å². The highest BCUT2D eigenvalue weighted by atomic mass is 16.5. The molecule has 0 radical (unpaired) electrons. The van der Waals surface area contributed by atoms with Crippen molar-refractivity contribution < 1.29 is 4.74 Å². The number of quaternary nitrogens is 2. The summed E-state index contributed by atoms with van der Waals surface area (Å²) in [6, 6.07) is 35.0. The minimum atomic E-state index is -0.0410. The summed E-state index contributed by atoms with van der Waals surface area (Å²) in [5.41, 5.74) is 8.90. The summed E-state index contributed by atoms with van der Waals surface area (Å²) < 4.78 is 10.6. The maximum absolute atomic E-state index is 6.80. The van der Waals surface area contributed by atoms with Gasteiger partial charge in [0.05, 0.1) is 24.7 Å². The van der Waals surface area contributed by atoms with Gasteiger partial charge in [0.1, 0.15) is 23.0 Å². The number of hydrogen-bond donors (Lipinski definition) is 0. The first kappa shape index (κ1) is 28.1. The van der Waals surface area contributed by atoms with Crippen LogP contribution in [0, 0.1) is 6.67 Å². The van der Waals surface area contributed by atoms with Gasteiger partial charge in [-0.05, 0) is 58.4 Å². The van der Waals surface area contributed by atoms with Crippen molar-refractivity contribution >= 4 is 38.9 Å². The average Bonchev–Trinajstić information content (AvgIpc) is 3.55. The predicted octanol–water partition coefficient (Wildman–Crippen LogP) is 10.2. The highest BCUT2D eigenvalue weighted by Crippen LogP contribution is 2.61. The molecule has 1 fully saturated rings. The second kappa shape index (κ2) is 9.29. The van der Waals surface area contributed by atoms with Crippen LogP contribution in [0.2, 0.25) is 0 Å². The lowest BCUT2D eigenvalue weighted by Gasteiger charge is -2.55. The molecule has 3 aliphatic rings. The molecule has 2 atom stereocenters. The first-order valence-corrected chi connectivity index (χ1v) is 15.9. The lowest BCUT2D eigenvalue weighted by Crippen LogP contribution is -2.68. The lowest BCUT2D eigenvalue weighted by atomic mass is 9.86. The fourth-order valence-corrected chi connectivity index (χ4v) is 7.37. The van der Waals surface area contributed by atoms with Gasteiger partial charge in [0.2, 0.25) is 0 Å². The first-order chi connectivity index (χ1) is 21.4. The Morgan fingerprint density at radius 1 is 0.689 bits per heavy atom. The minimum absolute atomic E-state index is 0.0410. The molecule has 4 aromatic carbocycles. The molecule has 0 amide bonds. The molecule has 226 valence electrons. The quantitative estimate of drug-likeness (QED) is 0.150. The number of para-hydroxylation sites is 1. The normalized spacial score (nSPS) is 20.8. The van der Waals surface area contributed by atoms with E-state index in [2.05, 4.69) is 145 Å². The van der Waals surface area contributed by atoms with Crippen LogP contribution >= 0.6 is 0 Å². The van der Waals surface area contributed by atoms with E-state index in [1.807, 2.05) is 18.3 Å². The van der Waals surface area contributed by atoms with E-state index >= 15 is 0 Å². The van der Waals surface area contributed by atoms with Gasteiger partial charge in [0.15, 0.2) is 18.0 Å². The van der Waals surface area contributed by atoms with Gasteiger partial charge in [-0.3, -0.25) is 9.05 Å². The SMILES string of the molecule is CC(C)(C)c1cc(Oc2ccc3c4ccccc4n(-c4ccccn4)c3c2)cc([N@@+]23[CH-][N@@+](C)(C2)c2ccc(C(C)(C)C)cc23)c1. The summed E-state index contributed by atoms with van der Waals surface area (Å²) in [6.07, 6.45) is 1.85. The molecule has 5 heterocycles. The second-order valence-electron chi connectivity index (χ2n) is 15.1. The zero-order valence-electron chi connectivity index (χ0n) is 27.3. The molecule has 0 unspecified atom stereocenters. The standard InChI is InChI=1S/C40H41N4O/c1-39(2,3)27-15-18-36-37(22-27)44(25-43(36,7)26-44)29-20-28(40(4,5)6)21-31(23-29)45-30-16-17-33-32-12-8-9-13-34(32)42(35(33)24-30)38-14-10-11-19-41-38/h8-25H,26H2,1-7H3/q+1/t43-,44+/m0/s1. The number of benzene rings is 4. The summed E-state index contributed by atoms with van der Waals surface area (Å²) in [5, 5.41) is 2.39. The lowest BCUT2D eigenvalue weighted by molar-refractivity contribution is 0.157. The fourth-order valence-electron chi connectivity index (χ4n) is 7.37.